The summed E-state index contributed by atoms with van der Waals surface area (Å²) < 4.78 is 35.6. The second-order valence-corrected chi connectivity index (χ2v) is 12.0. The molecule has 4 fully saturated rings. The zero-order valence-corrected chi connectivity index (χ0v) is 20.2. The van der Waals surface area contributed by atoms with Crippen molar-refractivity contribution in [2.24, 2.45) is 35.0 Å². The molecule has 0 amide bonds. The van der Waals surface area contributed by atoms with Crippen LogP contribution >= 0.6 is 0 Å². The van der Waals surface area contributed by atoms with E-state index in [-0.39, 0.29) is 46.9 Å². The Balaban J connectivity index is 1.29. The van der Waals surface area contributed by atoms with Gasteiger partial charge in [-0.3, -0.25) is 4.79 Å². The summed E-state index contributed by atoms with van der Waals surface area (Å²) in [5.74, 6) is 0.202. The fraction of sp³-hybridized carbons (Fsp3) is 0.714. The molecule has 0 radical (unpaired) electrons. The second kappa shape index (κ2) is 8.29. The highest BCUT2D eigenvalue weighted by Crippen LogP contribution is 2.66. The molecular formula is C28H35F2NO3. The lowest BCUT2D eigenvalue weighted by molar-refractivity contribution is -0.166. The molecule has 0 spiro atoms. The number of alkyl halides is 1. The van der Waals surface area contributed by atoms with E-state index in [2.05, 4.69) is 6.92 Å². The highest BCUT2D eigenvalue weighted by Gasteiger charge is 2.63. The first-order valence-corrected chi connectivity index (χ1v) is 12.8. The van der Waals surface area contributed by atoms with E-state index < -0.39 is 17.1 Å². The first-order valence-electron chi connectivity index (χ1n) is 12.8. The van der Waals surface area contributed by atoms with Crippen molar-refractivity contribution >= 4 is 5.78 Å². The van der Waals surface area contributed by atoms with Gasteiger partial charge >= 0.3 is 0 Å². The van der Waals surface area contributed by atoms with Crippen molar-refractivity contribution in [3.63, 3.8) is 0 Å². The van der Waals surface area contributed by atoms with Gasteiger partial charge in [0.25, 0.3) is 0 Å². The van der Waals surface area contributed by atoms with Gasteiger partial charge < -0.3 is 9.84 Å². The lowest BCUT2D eigenvalue weighted by atomic mass is 9.48. The molecule has 0 aliphatic heterocycles. The highest BCUT2D eigenvalue weighted by molar-refractivity contribution is 5.83. The normalized spacial score (nSPS) is 43.2. The van der Waals surface area contributed by atoms with Crippen LogP contribution in [0.3, 0.4) is 0 Å². The Labute approximate surface area is 200 Å². The number of hydrogen-bond donors (Lipinski definition) is 1. The van der Waals surface area contributed by atoms with E-state index in [4.69, 9.17) is 4.74 Å². The molecule has 184 valence electrons. The molecule has 0 aromatic heterocycles. The van der Waals surface area contributed by atoms with Gasteiger partial charge in [-0.2, -0.15) is 5.26 Å². The molecule has 0 saturated heterocycles. The fourth-order valence-corrected chi connectivity index (χ4v) is 8.47. The molecule has 0 unspecified atom stereocenters. The van der Waals surface area contributed by atoms with Gasteiger partial charge in [-0.05, 0) is 112 Å². The lowest BCUT2D eigenvalue weighted by Gasteiger charge is -2.59. The molecule has 1 aromatic carbocycles. The summed E-state index contributed by atoms with van der Waals surface area (Å²) in [4.78, 5) is 13.3. The van der Waals surface area contributed by atoms with E-state index in [1.165, 1.54) is 12.1 Å². The lowest BCUT2D eigenvalue weighted by Crippen LogP contribution is -2.58. The van der Waals surface area contributed by atoms with Gasteiger partial charge in [0.2, 0.25) is 0 Å². The van der Waals surface area contributed by atoms with E-state index in [9.17, 15) is 19.6 Å². The Morgan fingerprint density at radius 1 is 1.15 bits per heavy atom. The van der Waals surface area contributed by atoms with Crippen LogP contribution in [-0.2, 0) is 4.79 Å². The summed E-state index contributed by atoms with van der Waals surface area (Å²) in [5.41, 5.74) is -2.02. The summed E-state index contributed by atoms with van der Waals surface area (Å²) >= 11 is 0. The number of carbonyl (C=O) groups excluding carboxylic acids is 1. The molecule has 8 atom stereocenters. The largest absolute Gasteiger partial charge is 0.484 e. The smallest absolute Gasteiger partial charge is 0.173 e. The molecule has 1 aromatic rings. The number of nitriles is 1. The number of carbonyl (C=O) groups is 1. The minimum atomic E-state index is -1.19. The maximum absolute atomic E-state index is 16.5. The van der Waals surface area contributed by atoms with Crippen LogP contribution in [0.1, 0.15) is 77.2 Å². The first-order chi connectivity index (χ1) is 16.1. The molecular weight excluding hydrogens is 436 g/mol. The molecule has 1 N–H and O–H groups in total. The third kappa shape index (κ3) is 3.75. The van der Waals surface area contributed by atoms with Gasteiger partial charge in [-0.15, -0.1) is 0 Å². The third-order valence-corrected chi connectivity index (χ3v) is 10.1. The number of ether oxygens (including phenoxy) is 1. The van der Waals surface area contributed by atoms with E-state index in [0.717, 1.165) is 44.6 Å². The Kier molecular flexibility index (Phi) is 5.79. The molecule has 4 aliphatic rings. The van der Waals surface area contributed by atoms with Crippen molar-refractivity contribution in [2.45, 2.75) is 82.9 Å². The van der Waals surface area contributed by atoms with Crippen LogP contribution < -0.4 is 4.74 Å². The van der Waals surface area contributed by atoms with Crippen LogP contribution in [0.5, 0.6) is 5.75 Å². The van der Waals surface area contributed by atoms with Gasteiger partial charge in [0.1, 0.15) is 29.9 Å². The highest BCUT2D eigenvalue weighted by atomic mass is 19.1. The molecule has 5 rings (SSSR count). The van der Waals surface area contributed by atoms with E-state index in [0.29, 0.717) is 31.1 Å². The van der Waals surface area contributed by atoms with Gasteiger partial charge in [0.05, 0.1) is 11.2 Å². The molecule has 6 heteroatoms. The number of hydrogen-bond acceptors (Lipinski definition) is 4. The summed E-state index contributed by atoms with van der Waals surface area (Å²) in [7, 11) is 0. The molecule has 4 aliphatic carbocycles. The van der Waals surface area contributed by atoms with Crippen LogP contribution in [0.2, 0.25) is 0 Å². The van der Waals surface area contributed by atoms with Crippen molar-refractivity contribution in [2.75, 3.05) is 6.61 Å². The van der Waals surface area contributed by atoms with Crippen LogP contribution in [0.15, 0.2) is 18.2 Å². The number of ketones is 1. The van der Waals surface area contributed by atoms with E-state index in [1.807, 2.05) is 13.0 Å². The summed E-state index contributed by atoms with van der Waals surface area (Å²) in [6.45, 7) is 3.92. The molecule has 0 heterocycles. The number of rotatable bonds is 4. The standard InChI is InChI=1S/C28H35F2NO3/c1-26(33)11-12-28(30)18(14-26)3-5-20-21-6-7-23(27(21,2)10-9-22(20)28)24(32)16-34-25-8-4-19(29)13-17(25)15-31/h4,8,13,18,20-23,33H,3,5-7,9-12,14,16H2,1-2H3/t18-,20+,21+,22+,23-,26-,27+,28-/m1/s1. The van der Waals surface area contributed by atoms with Gasteiger partial charge in [0.15, 0.2) is 5.78 Å². The fourth-order valence-electron chi connectivity index (χ4n) is 8.47. The molecule has 4 saturated carbocycles. The van der Waals surface area contributed by atoms with Gasteiger partial charge in [-0.25, -0.2) is 8.78 Å². The number of Topliss-reactive ketones (excluding diaryl/α,β-unsaturated/α-hetero) is 1. The van der Waals surface area contributed by atoms with Crippen molar-refractivity contribution in [3.8, 4) is 11.8 Å². The quantitative estimate of drug-likeness (QED) is 0.606. The number of aliphatic hydroxyl groups is 1. The van der Waals surface area contributed by atoms with Crippen molar-refractivity contribution in [1.82, 2.24) is 0 Å². The SMILES string of the molecule is C[C@@]1(O)CC[C@@]2(F)[C@H](CC[C@H]3[C@@H]4CC[C@H](C(=O)COc5ccc(F)cc5C#N)[C@@]4(C)CC[C@@H]32)C1. The topological polar surface area (TPSA) is 70.3 Å². The van der Waals surface area contributed by atoms with Crippen LogP contribution in [-0.4, -0.2) is 28.8 Å². The Morgan fingerprint density at radius 3 is 2.71 bits per heavy atom. The average Bonchev–Trinajstić information content (AvgIpc) is 3.15. The van der Waals surface area contributed by atoms with Gasteiger partial charge in [-0.1, -0.05) is 6.92 Å². The predicted octanol–water partition coefficient (Wildman–Crippen LogP) is 5.76. The third-order valence-electron chi connectivity index (χ3n) is 10.1. The summed E-state index contributed by atoms with van der Waals surface area (Å²) in [6, 6.07) is 5.65. The Bertz CT molecular complexity index is 1020. The van der Waals surface area contributed by atoms with Crippen LogP contribution in [0.25, 0.3) is 0 Å². The zero-order valence-electron chi connectivity index (χ0n) is 20.2. The minimum Gasteiger partial charge on any atom is -0.484 e. The zero-order chi connectivity index (χ0) is 24.3. The minimum absolute atomic E-state index is 0.0222. The van der Waals surface area contributed by atoms with Crippen LogP contribution in [0, 0.1) is 52.2 Å². The Hall–Kier alpha value is -2.00. The number of halogens is 2. The van der Waals surface area contributed by atoms with E-state index >= 15 is 4.39 Å². The molecule has 34 heavy (non-hydrogen) atoms. The van der Waals surface area contributed by atoms with Gasteiger partial charge in [0, 0.05) is 5.92 Å². The second-order valence-electron chi connectivity index (χ2n) is 12.0. The number of nitrogens with zero attached hydrogens (tertiary/aromatic N) is 1. The molecule has 0 bridgehead atoms. The van der Waals surface area contributed by atoms with Crippen molar-refractivity contribution in [1.29, 1.82) is 5.26 Å². The molecule has 4 nitrogen and oxygen atoms in total. The first kappa shape index (κ1) is 23.7. The van der Waals surface area contributed by atoms with E-state index in [1.54, 1.807) is 0 Å². The average molecular weight is 472 g/mol. The van der Waals surface area contributed by atoms with Crippen LogP contribution in [0.4, 0.5) is 8.78 Å². The van der Waals surface area contributed by atoms with Crippen molar-refractivity contribution in [3.05, 3.63) is 29.6 Å². The number of fused-ring (bicyclic) bond motifs is 5. The maximum Gasteiger partial charge on any atom is 0.173 e. The summed E-state index contributed by atoms with van der Waals surface area (Å²) in [5, 5.41) is 19.8. The Morgan fingerprint density at radius 2 is 1.94 bits per heavy atom. The van der Waals surface area contributed by atoms with Crippen molar-refractivity contribution < 1.29 is 23.4 Å². The maximum atomic E-state index is 16.5. The predicted molar refractivity (Wildman–Crippen MR) is 123 cm³/mol. The number of benzene rings is 1. The summed E-state index contributed by atoms with van der Waals surface area (Å²) in [6.07, 6.45) is 6.70. The monoisotopic (exact) mass is 471 g/mol.